The van der Waals surface area contributed by atoms with E-state index < -0.39 is 5.10 Å². The van der Waals surface area contributed by atoms with Gasteiger partial charge in [-0.15, -0.1) is 11.4 Å². The minimum absolute atomic E-state index is 0.0450. The van der Waals surface area contributed by atoms with Gasteiger partial charge in [-0.1, -0.05) is 27.7 Å². The molecule has 1 saturated heterocycles. The second-order valence-electron chi connectivity index (χ2n) is 2.74. The average molecular weight is 313 g/mol. The molecule has 0 spiro atoms. The van der Waals surface area contributed by atoms with Crippen molar-refractivity contribution in [2.45, 2.75) is 4.90 Å². The molecule has 1 aliphatic rings. The van der Waals surface area contributed by atoms with Crippen LogP contribution in [0.4, 0.5) is 0 Å². The quantitative estimate of drug-likeness (QED) is 0.613. The molecule has 72 valence electrons. The van der Waals surface area contributed by atoms with Gasteiger partial charge in [-0.05, 0) is 34.9 Å². The van der Waals surface area contributed by atoms with Crippen molar-refractivity contribution in [3.8, 4) is 0 Å². The maximum absolute atomic E-state index is 5.52. The molecular formula is C8H10BrPS3. The van der Waals surface area contributed by atoms with E-state index in [4.69, 9.17) is 11.8 Å². The molecule has 1 aromatic carbocycles. The third-order valence-corrected chi connectivity index (χ3v) is 15.7. The Morgan fingerprint density at radius 3 is 2.62 bits per heavy atom. The van der Waals surface area contributed by atoms with Crippen LogP contribution in [0, 0.1) is 0 Å². The number of thiol groups is 1. The lowest BCUT2D eigenvalue weighted by molar-refractivity contribution is 1.42. The normalized spacial score (nSPS) is 30.5. The maximum Gasteiger partial charge on any atom is 0.0304 e. The van der Waals surface area contributed by atoms with Gasteiger partial charge in [-0.2, -0.15) is 10.5 Å². The van der Waals surface area contributed by atoms with E-state index in [-0.39, 0.29) is 10.5 Å². The fraction of sp³-hybridized carbons (Fsp3) is 0.250. The first kappa shape index (κ1) is 10.6. The molecule has 1 aromatic rings. The molecule has 1 fully saturated rings. The Hall–Kier alpha value is 1.05. The fourth-order valence-electron chi connectivity index (χ4n) is 1.25. The second-order valence-corrected chi connectivity index (χ2v) is 15.6. The lowest BCUT2D eigenvalue weighted by Gasteiger charge is -2.14. The highest BCUT2D eigenvalue weighted by Crippen LogP contribution is 2.70. The first-order valence-corrected chi connectivity index (χ1v) is 11.5. The van der Waals surface area contributed by atoms with Gasteiger partial charge in [0.1, 0.15) is 0 Å². The fourth-order valence-corrected chi connectivity index (χ4v) is 14.9. The summed E-state index contributed by atoms with van der Waals surface area (Å²) in [7, 11) is 0.0450. The molecule has 5 heteroatoms. The molecule has 0 bridgehead atoms. The predicted molar refractivity (Wildman–Crippen MR) is 74.4 cm³/mol. The largest absolute Gasteiger partial charge is 0.191 e. The van der Waals surface area contributed by atoms with Crippen molar-refractivity contribution in [2.24, 2.45) is 0 Å². The average Bonchev–Trinajstić information content (AvgIpc) is 2.53. The molecule has 0 amide bonds. The van der Waals surface area contributed by atoms with Crippen molar-refractivity contribution in [1.82, 2.24) is 0 Å². The Bertz CT molecular complexity index is 325. The van der Waals surface area contributed by atoms with Gasteiger partial charge in [0.25, 0.3) is 0 Å². The Morgan fingerprint density at radius 2 is 2.08 bits per heavy atom. The lowest BCUT2D eigenvalue weighted by atomic mass is 10.4. The van der Waals surface area contributed by atoms with Gasteiger partial charge in [-0.25, -0.2) is 0 Å². The minimum atomic E-state index is -0.511. The summed E-state index contributed by atoms with van der Waals surface area (Å²) < 4.78 is 1.16. The van der Waals surface area contributed by atoms with Gasteiger partial charge in [0, 0.05) is 15.3 Å². The molecule has 2 atom stereocenters. The molecule has 0 N–H and O–H groups in total. The van der Waals surface area contributed by atoms with E-state index in [1.807, 2.05) is 11.4 Å². The van der Waals surface area contributed by atoms with Gasteiger partial charge in [-0.3, -0.25) is 0 Å². The molecule has 2 unspecified atom stereocenters. The molecule has 0 aromatic heterocycles. The van der Waals surface area contributed by atoms with E-state index in [1.54, 1.807) is 0 Å². The van der Waals surface area contributed by atoms with Crippen molar-refractivity contribution in [3.63, 3.8) is 0 Å². The van der Waals surface area contributed by atoms with Crippen molar-refractivity contribution in [3.05, 3.63) is 28.7 Å². The minimum Gasteiger partial charge on any atom is -0.191 e. The summed E-state index contributed by atoms with van der Waals surface area (Å²) in [6.45, 7) is 0. The molecule has 2 rings (SSSR count). The zero-order valence-corrected chi connectivity index (χ0v) is 12.0. The maximum atomic E-state index is 5.52. The molecule has 13 heavy (non-hydrogen) atoms. The molecule has 1 aliphatic heterocycles. The van der Waals surface area contributed by atoms with E-state index in [2.05, 4.69) is 40.2 Å². The van der Waals surface area contributed by atoms with Crippen LogP contribution in [0.15, 0.2) is 33.6 Å². The van der Waals surface area contributed by atoms with Crippen LogP contribution in [0.2, 0.25) is 0 Å². The molecule has 1 heterocycles. The Balaban J connectivity index is 2.25. The van der Waals surface area contributed by atoms with Crippen LogP contribution < -0.4 is 0 Å². The van der Waals surface area contributed by atoms with E-state index in [1.165, 1.54) is 16.4 Å². The lowest BCUT2D eigenvalue weighted by Crippen LogP contribution is -1.81. The van der Waals surface area contributed by atoms with Crippen LogP contribution in [0.25, 0.3) is 0 Å². The van der Waals surface area contributed by atoms with Crippen LogP contribution in [-0.2, 0) is 11.8 Å². The molecular weight excluding hydrogens is 303 g/mol. The van der Waals surface area contributed by atoms with Crippen molar-refractivity contribution in [1.29, 1.82) is 0 Å². The van der Waals surface area contributed by atoms with Crippen LogP contribution in [-0.4, -0.2) is 11.5 Å². The monoisotopic (exact) mass is 312 g/mol. The Morgan fingerprint density at radius 1 is 1.38 bits per heavy atom. The summed E-state index contributed by atoms with van der Waals surface area (Å²) in [5.41, 5.74) is 0. The second kappa shape index (κ2) is 4.71. The Kier molecular flexibility index (Phi) is 3.83. The Labute approximate surface area is 99.3 Å². The highest BCUT2D eigenvalue weighted by atomic mass is 79.9. The van der Waals surface area contributed by atoms with Gasteiger partial charge in [0.2, 0.25) is 0 Å². The zero-order valence-electron chi connectivity index (χ0n) is 6.87. The molecule has 0 saturated carbocycles. The summed E-state index contributed by atoms with van der Waals surface area (Å²) in [6, 6.07) is 8.73. The van der Waals surface area contributed by atoms with Gasteiger partial charge >= 0.3 is 0 Å². The molecule has 0 aliphatic carbocycles. The summed E-state index contributed by atoms with van der Waals surface area (Å²) in [5, 5.41) is -0.511. The van der Waals surface area contributed by atoms with Crippen molar-refractivity contribution in [2.75, 3.05) is 11.5 Å². The third-order valence-electron chi connectivity index (χ3n) is 1.90. The molecule has 0 radical (unpaired) electrons. The summed E-state index contributed by atoms with van der Waals surface area (Å²) >= 11 is 11.0. The van der Waals surface area contributed by atoms with E-state index in [0.717, 1.165) is 4.47 Å². The summed E-state index contributed by atoms with van der Waals surface area (Å²) in [4.78, 5) is 1.51. The zero-order chi connectivity index (χ0) is 9.26. The predicted octanol–water partition coefficient (Wildman–Crippen LogP) is 4.06. The number of rotatable bonds is 1. The van der Waals surface area contributed by atoms with E-state index >= 15 is 0 Å². The standard InChI is InChI=1S/C8H10BrPS3/c9-7-1-3-8(4-2-7)13-6-5-12-10(13)11/h1-4,10,13H,5-6H2. The van der Waals surface area contributed by atoms with Crippen LogP contribution in [0.3, 0.4) is 0 Å². The van der Waals surface area contributed by atoms with Gasteiger partial charge in [0.15, 0.2) is 0 Å². The van der Waals surface area contributed by atoms with E-state index in [9.17, 15) is 0 Å². The van der Waals surface area contributed by atoms with Gasteiger partial charge in [0.05, 0.1) is 0 Å². The third kappa shape index (κ3) is 2.54. The first-order chi connectivity index (χ1) is 6.27. The highest BCUT2D eigenvalue weighted by molar-refractivity contribution is 9.10. The van der Waals surface area contributed by atoms with Crippen LogP contribution in [0.5, 0.6) is 0 Å². The SMILES string of the molecule is S=[PH]1SCC[SH]1c1ccc(Br)cc1. The van der Waals surface area contributed by atoms with Crippen LogP contribution >= 0.6 is 42.9 Å². The number of benzene rings is 1. The van der Waals surface area contributed by atoms with Crippen molar-refractivity contribution >= 4 is 54.7 Å². The number of hydrogen-bond donors (Lipinski definition) is 1. The topological polar surface area (TPSA) is 0 Å². The first-order valence-electron chi connectivity index (χ1n) is 3.97. The number of halogens is 1. The summed E-state index contributed by atoms with van der Waals surface area (Å²) in [5.74, 6) is 2.64. The van der Waals surface area contributed by atoms with Crippen LogP contribution in [0.1, 0.15) is 0 Å². The van der Waals surface area contributed by atoms with E-state index in [0.29, 0.717) is 0 Å². The van der Waals surface area contributed by atoms with Gasteiger partial charge < -0.3 is 0 Å². The summed E-state index contributed by atoms with van der Waals surface area (Å²) in [6.07, 6.45) is 0. The smallest absolute Gasteiger partial charge is 0.0304 e. The highest BCUT2D eigenvalue weighted by Gasteiger charge is 2.17. The number of hydrogen-bond acceptors (Lipinski definition) is 2. The van der Waals surface area contributed by atoms with Crippen molar-refractivity contribution < 1.29 is 0 Å². The molecule has 0 nitrogen and oxygen atoms in total.